The lowest BCUT2D eigenvalue weighted by Crippen LogP contribution is -2.44. The van der Waals surface area contributed by atoms with Gasteiger partial charge < -0.3 is 24.5 Å². The fourth-order valence-corrected chi connectivity index (χ4v) is 3.41. The van der Waals surface area contributed by atoms with E-state index in [2.05, 4.69) is 41.4 Å². The van der Waals surface area contributed by atoms with Crippen LogP contribution in [0.3, 0.4) is 0 Å². The van der Waals surface area contributed by atoms with Crippen LogP contribution in [-0.2, 0) is 14.9 Å². The van der Waals surface area contributed by atoms with E-state index in [0.717, 1.165) is 5.69 Å². The van der Waals surface area contributed by atoms with E-state index in [9.17, 15) is 4.79 Å². The minimum Gasteiger partial charge on any atom is -0.459 e. The van der Waals surface area contributed by atoms with E-state index >= 15 is 0 Å². The average Bonchev–Trinajstić information content (AvgIpc) is 3.35. The zero-order chi connectivity index (χ0) is 19.0. The molecule has 0 saturated carbocycles. The van der Waals surface area contributed by atoms with Crippen LogP contribution >= 0.6 is 0 Å². The van der Waals surface area contributed by atoms with Crippen LogP contribution in [0.1, 0.15) is 37.0 Å². The lowest BCUT2D eigenvalue weighted by atomic mass is 9.92. The first-order valence-electron chi connectivity index (χ1n) is 9.09. The van der Waals surface area contributed by atoms with Gasteiger partial charge in [-0.3, -0.25) is 4.79 Å². The van der Waals surface area contributed by atoms with Gasteiger partial charge in [-0.05, 0) is 18.2 Å². The number of amides is 1. The Labute approximate surface area is 157 Å². The van der Waals surface area contributed by atoms with Crippen LogP contribution in [0.25, 0.3) is 0 Å². The number of carbonyl (C=O) groups excluding carboxylic acids is 1. The van der Waals surface area contributed by atoms with Crippen molar-refractivity contribution in [2.24, 2.45) is 0 Å². The minimum absolute atomic E-state index is 0.0564. The highest BCUT2D eigenvalue weighted by molar-refractivity contribution is 5.91. The molecule has 0 bridgehead atoms. The van der Waals surface area contributed by atoms with Crippen LogP contribution in [0, 0.1) is 0 Å². The van der Waals surface area contributed by atoms with Crippen LogP contribution < -0.4 is 10.6 Å². The molecule has 27 heavy (non-hydrogen) atoms. The highest BCUT2D eigenvalue weighted by atomic mass is 16.6. The Morgan fingerprint density at radius 1 is 1.15 bits per heavy atom. The summed E-state index contributed by atoms with van der Waals surface area (Å²) in [4.78, 5) is 21.1. The Hall–Kier alpha value is -2.45. The maximum atomic E-state index is 12.2. The molecule has 2 aliphatic rings. The maximum Gasteiger partial charge on any atom is 0.287 e. The molecule has 0 aliphatic carbocycles. The predicted octanol–water partition coefficient (Wildman–Crippen LogP) is 1.74. The largest absolute Gasteiger partial charge is 0.459 e. The number of fused-ring (bicyclic) bond motifs is 1. The highest BCUT2D eigenvalue weighted by Gasteiger charge is 2.48. The lowest BCUT2D eigenvalue weighted by Gasteiger charge is -2.21. The second kappa shape index (κ2) is 6.94. The molecule has 2 saturated heterocycles. The van der Waals surface area contributed by atoms with Crippen LogP contribution in [0.5, 0.6) is 0 Å². The van der Waals surface area contributed by atoms with Crippen molar-refractivity contribution in [3.8, 4) is 0 Å². The number of carbonyl (C=O) groups is 1. The summed E-state index contributed by atoms with van der Waals surface area (Å²) < 4.78 is 16.9. The summed E-state index contributed by atoms with van der Waals surface area (Å²) in [5, 5.41) is 6.25. The zero-order valence-corrected chi connectivity index (χ0v) is 15.6. The molecule has 0 radical (unpaired) electrons. The molecule has 4 unspecified atom stereocenters. The van der Waals surface area contributed by atoms with Crippen LogP contribution in [0.15, 0.2) is 35.1 Å². The second-order valence-electron chi connectivity index (χ2n) is 7.92. The molecule has 2 aromatic heterocycles. The molecule has 4 heterocycles. The van der Waals surface area contributed by atoms with Crippen molar-refractivity contribution in [2.75, 3.05) is 18.5 Å². The standard InChI is InChI=1S/C19H24N4O4/c1-19(2,3)14-6-7-20-18(23-14)22-12-10-27-15-11(9-26-16(12)15)21-17(24)13-5-4-8-25-13/h4-8,11-12,15-16H,9-10H2,1-3H3,(H,21,24)(H,20,22,23). The molecule has 0 spiro atoms. The van der Waals surface area contributed by atoms with Crippen molar-refractivity contribution in [2.45, 2.75) is 50.5 Å². The highest BCUT2D eigenvalue weighted by Crippen LogP contribution is 2.29. The van der Waals surface area contributed by atoms with Crippen LogP contribution in [0.4, 0.5) is 5.95 Å². The van der Waals surface area contributed by atoms with E-state index in [-0.39, 0.29) is 41.4 Å². The Balaban J connectivity index is 1.40. The quantitative estimate of drug-likeness (QED) is 0.843. The number of aromatic nitrogens is 2. The van der Waals surface area contributed by atoms with Gasteiger partial charge in [0.05, 0.1) is 37.3 Å². The van der Waals surface area contributed by atoms with Crippen LogP contribution in [-0.4, -0.2) is 53.4 Å². The molecule has 2 aromatic rings. The van der Waals surface area contributed by atoms with Gasteiger partial charge in [-0.1, -0.05) is 20.8 Å². The molecule has 2 fully saturated rings. The summed E-state index contributed by atoms with van der Waals surface area (Å²) in [6.07, 6.45) is 2.84. The number of nitrogens with one attached hydrogen (secondary N) is 2. The van der Waals surface area contributed by atoms with Gasteiger partial charge in [-0.2, -0.15) is 0 Å². The molecular weight excluding hydrogens is 348 g/mol. The third-order valence-corrected chi connectivity index (χ3v) is 4.85. The summed E-state index contributed by atoms with van der Waals surface area (Å²) >= 11 is 0. The summed E-state index contributed by atoms with van der Waals surface area (Å²) in [5.74, 6) is 0.567. The number of hydrogen-bond donors (Lipinski definition) is 2. The number of furan rings is 1. The SMILES string of the molecule is CC(C)(C)c1ccnc(NC2COC3C(NC(=O)c4ccco4)COC23)n1. The van der Waals surface area contributed by atoms with E-state index in [1.165, 1.54) is 6.26 Å². The van der Waals surface area contributed by atoms with E-state index in [1.807, 2.05) is 6.07 Å². The van der Waals surface area contributed by atoms with Crippen molar-refractivity contribution in [1.82, 2.24) is 15.3 Å². The van der Waals surface area contributed by atoms with Gasteiger partial charge in [0.1, 0.15) is 12.2 Å². The molecule has 4 atom stereocenters. The second-order valence-corrected chi connectivity index (χ2v) is 7.92. The maximum absolute atomic E-state index is 12.2. The first kappa shape index (κ1) is 17.9. The molecule has 2 N–H and O–H groups in total. The lowest BCUT2D eigenvalue weighted by molar-refractivity contribution is 0.0646. The van der Waals surface area contributed by atoms with E-state index in [1.54, 1.807) is 18.3 Å². The molecule has 8 heteroatoms. The van der Waals surface area contributed by atoms with Gasteiger partial charge >= 0.3 is 0 Å². The predicted molar refractivity (Wildman–Crippen MR) is 97.6 cm³/mol. The molecule has 1 amide bonds. The average molecular weight is 372 g/mol. The zero-order valence-electron chi connectivity index (χ0n) is 15.6. The fourth-order valence-electron chi connectivity index (χ4n) is 3.41. The Kier molecular flexibility index (Phi) is 4.61. The summed E-state index contributed by atoms with van der Waals surface area (Å²) in [6.45, 7) is 7.19. The summed E-state index contributed by atoms with van der Waals surface area (Å²) in [6, 6.07) is 4.94. The Morgan fingerprint density at radius 2 is 1.89 bits per heavy atom. The third kappa shape index (κ3) is 3.68. The first-order valence-corrected chi connectivity index (χ1v) is 9.09. The van der Waals surface area contributed by atoms with E-state index in [4.69, 9.17) is 13.9 Å². The number of rotatable bonds is 4. The molecule has 0 aromatic carbocycles. The summed E-state index contributed by atoms with van der Waals surface area (Å²) in [7, 11) is 0. The van der Waals surface area contributed by atoms with Crippen molar-refractivity contribution >= 4 is 11.9 Å². The van der Waals surface area contributed by atoms with Crippen molar-refractivity contribution in [1.29, 1.82) is 0 Å². The molecule has 144 valence electrons. The van der Waals surface area contributed by atoms with Gasteiger partial charge in [0.15, 0.2) is 5.76 Å². The third-order valence-electron chi connectivity index (χ3n) is 4.85. The molecule has 4 rings (SSSR count). The number of anilines is 1. The monoisotopic (exact) mass is 372 g/mol. The van der Waals surface area contributed by atoms with Crippen molar-refractivity contribution < 1.29 is 18.7 Å². The van der Waals surface area contributed by atoms with Gasteiger partial charge in [-0.15, -0.1) is 0 Å². The first-order chi connectivity index (χ1) is 12.9. The molecule has 2 aliphatic heterocycles. The summed E-state index contributed by atoms with van der Waals surface area (Å²) in [5.41, 5.74) is 0.908. The van der Waals surface area contributed by atoms with Gasteiger partial charge in [-0.25, -0.2) is 9.97 Å². The molecular formula is C19H24N4O4. The Morgan fingerprint density at radius 3 is 2.59 bits per heavy atom. The normalized spacial score (nSPS) is 27.4. The minimum atomic E-state index is -0.268. The van der Waals surface area contributed by atoms with E-state index < -0.39 is 0 Å². The van der Waals surface area contributed by atoms with Gasteiger partial charge in [0, 0.05) is 11.6 Å². The Bertz CT molecular complexity index is 802. The van der Waals surface area contributed by atoms with Gasteiger partial charge in [0.2, 0.25) is 5.95 Å². The van der Waals surface area contributed by atoms with Crippen LogP contribution in [0.2, 0.25) is 0 Å². The van der Waals surface area contributed by atoms with E-state index in [0.29, 0.717) is 19.2 Å². The number of hydrogen-bond acceptors (Lipinski definition) is 7. The molecule has 8 nitrogen and oxygen atoms in total. The fraction of sp³-hybridized carbons (Fsp3) is 0.526. The van der Waals surface area contributed by atoms with Gasteiger partial charge in [0.25, 0.3) is 5.91 Å². The topological polar surface area (TPSA) is 98.5 Å². The number of nitrogens with zero attached hydrogens (tertiary/aromatic N) is 2. The van der Waals surface area contributed by atoms with Crippen molar-refractivity contribution in [3.63, 3.8) is 0 Å². The smallest absolute Gasteiger partial charge is 0.287 e. The van der Waals surface area contributed by atoms with Crippen molar-refractivity contribution in [3.05, 3.63) is 42.1 Å². The number of ether oxygens (including phenoxy) is 2.